The van der Waals surface area contributed by atoms with Crippen LogP contribution in [0.1, 0.15) is 24.2 Å². The van der Waals surface area contributed by atoms with Gasteiger partial charge in [-0.2, -0.15) is 0 Å². The number of nitrogens with one attached hydrogen (secondary N) is 1. The highest BCUT2D eigenvalue weighted by molar-refractivity contribution is 7.17. The molecule has 0 aliphatic heterocycles. The summed E-state index contributed by atoms with van der Waals surface area (Å²) >= 11 is 1.57. The van der Waals surface area contributed by atoms with Crippen LogP contribution in [0.15, 0.2) is 47.8 Å². The van der Waals surface area contributed by atoms with Crippen LogP contribution in [0.4, 0.5) is 5.69 Å². The molecule has 3 aromatic rings. The van der Waals surface area contributed by atoms with Crippen LogP contribution in [-0.2, 0) is 0 Å². The number of hydrogen-bond donors (Lipinski definition) is 1. The smallest absolute Gasteiger partial charge is 0.257 e. The highest BCUT2D eigenvalue weighted by Crippen LogP contribution is 2.31. The molecule has 0 saturated carbocycles. The fraction of sp³-hybridized carbons (Fsp3) is 0.211. The number of carbonyl (C=O) groups excluding carboxylic acids is 1. The lowest BCUT2D eigenvalue weighted by Gasteiger charge is -2.13. The third-order valence-electron chi connectivity index (χ3n) is 3.53. The lowest BCUT2D eigenvalue weighted by Crippen LogP contribution is -2.11. The van der Waals surface area contributed by atoms with E-state index in [1.54, 1.807) is 17.4 Å². The Balaban J connectivity index is 1.85. The molecule has 0 unspecified atom stereocenters. The summed E-state index contributed by atoms with van der Waals surface area (Å²) in [5.74, 6) is 1.18. The van der Waals surface area contributed by atoms with Crippen LogP contribution in [-0.4, -0.2) is 19.1 Å². The molecule has 0 radical (unpaired) electrons. The molecular weight excluding hydrogens is 322 g/mol. The first kappa shape index (κ1) is 16.3. The van der Waals surface area contributed by atoms with Gasteiger partial charge in [0.1, 0.15) is 0 Å². The fourth-order valence-corrected chi connectivity index (χ4v) is 3.42. The largest absolute Gasteiger partial charge is 0.490 e. The van der Waals surface area contributed by atoms with Gasteiger partial charge in [-0.25, -0.2) is 0 Å². The van der Waals surface area contributed by atoms with Crippen molar-refractivity contribution in [2.75, 3.05) is 18.5 Å². The summed E-state index contributed by atoms with van der Waals surface area (Å²) < 4.78 is 12.2. The SMILES string of the molecule is CCOc1ccc(NC(=O)c2csc3ccccc23)cc1OCC. The Hall–Kier alpha value is -2.53. The zero-order chi connectivity index (χ0) is 16.9. The molecular formula is C19H19NO3S. The van der Waals surface area contributed by atoms with Crippen LogP contribution in [0.25, 0.3) is 10.1 Å². The molecule has 0 spiro atoms. The Morgan fingerprint density at radius 1 is 1.04 bits per heavy atom. The fourth-order valence-electron chi connectivity index (χ4n) is 2.48. The van der Waals surface area contributed by atoms with Gasteiger partial charge in [0.2, 0.25) is 0 Å². The van der Waals surface area contributed by atoms with Crippen molar-refractivity contribution in [3.8, 4) is 11.5 Å². The second-order valence-corrected chi connectivity index (χ2v) is 6.04. The third kappa shape index (κ3) is 3.36. The molecule has 1 aromatic heterocycles. The molecule has 1 heterocycles. The highest BCUT2D eigenvalue weighted by atomic mass is 32.1. The molecule has 0 atom stereocenters. The van der Waals surface area contributed by atoms with Crippen LogP contribution in [0, 0.1) is 0 Å². The lowest BCUT2D eigenvalue weighted by molar-refractivity contribution is 0.102. The van der Waals surface area contributed by atoms with Gasteiger partial charge in [-0.05, 0) is 32.0 Å². The monoisotopic (exact) mass is 341 g/mol. The molecule has 0 fully saturated rings. The van der Waals surface area contributed by atoms with Gasteiger partial charge in [0.25, 0.3) is 5.91 Å². The Morgan fingerprint density at radius 2 is 1.79 bits per heavy atom. The topological polar surface area (TPSA) is 47.6 Å². The summed E-state index contributed by atoms with van der Waals surface area (Å²) in [6.07, 6.45) is 0. The average molecular weight is 341 g/mol. The first-order valence-corrected chi connectivity index (χ1v) is 8.78. The van der Waals surface area contributed by atoms with Crippen molar-refractivity contribution in [3.05, 3.63) is 53.4 Å². The van der Waals surface area contributed by atoms with E-state index in [1.165, 1.54) is 0 Å². The predicted molar refractivity (Wildman–Crippen MR) is 98.6 cm³/mol. The number of thiophene rings is 1. The number of carbonyl (C=O) groups is 1. The van der Waals surface area contributed by atoms with Crippen LogP contribution in [0.3, 0.4) is 0 Å². The van der Waals surface area contributed by atoms with Crippen LogP contribution in [0.2, 0.25) is 0 Å². The molecule has 4 nitrogen and oxygen atoms in total. The average Bonchev–Trinajstić information content (AvgIpc) is 3.02. The van der Waals surface area contributed by atoms with E-state index < -0.39 is 0 Å². The van der Waals surface area contributed by atoms with Gasteiger partial charge in [0, 0.05) is 27.2 Å². The Kier molecular flexibility index (Phi) is 5.01. The van der Waals surface area contributed by atoms with Gasteiger partial charge in [-0.3, -0.25) is 4.79 Å². The van der Waals surface area contributed by atoms with E-state index in [1.807, 2.05) is 55.6 Å². The zero-order valence-electron chi connectivity index (χ0n) is 13.7. The molecule has 3 rings (SSSR count). The third-order valence-corrected chi connectivity index (χ3v) is 4.49. The van der Waals surface area contributed by atoms with Gasteiger partial charge >= 0.3 is 0 Å². The highest BCUT2D eigenvalue weighted by Gasteiger charge is 2.13. The maximum Gasteiger partial charge on any atom is 0.257 e. The van der Waals surface area contributed by atoms with E-state index >= 15 is 0 Å². The van der Waals surface area contributed by atoms with E-state index in [2.05, 4.69) is 5.32 Å². The molecule has 0 aliphatic rings. The number of anilines is 1. The second kappa shape index (κ2) is 7.36. The van der Waals surface area contributed by atoms with Gasteiger partial charge in [0.15, 0.2) is 11.5 Å². The number of ether oxygens (including phenoxy) is 2. The van der Waals surface area contributed by atoms with E-state index in [9.17, 15) is 4.79 Å². The normalized spacial score (nSPS) is 10.6. The first-order chi connectivity index (χ1) is 11.7. The molecule has 1 N–H and O–H groups in total. The van der Waals surface area contributed by atoms with Crippen molar-refractivity contribution >= 4 is 33.0 Å². The number of hydrogen-bond acceptors (Lipinski definition) is 4. The number of benzene rings is 2. The maximum absolute atomic E-state index is 12.6. The lowest BCUT2D eigenvalue weighted by atomic mass is 10.1. The molecule has 5 heteroatoms. The quantitative estimate of drug-likeness (QED) is 0.690. The van der Waals surface area contributed by atoms with Crippen molar-refractivity contribution in [3.63, 3.8) is 0 Å². The molecule has 0 aliphatic carbocycles. The number of rotatable bonds is 6. The maximum atomic E-state index is 12.6. The van der Waals surface area contributed by atoms with Gasteiger partial charge < -0.3 is 14.8 Å². The van der Waals surface area contributed by atoms with Gasteiger partial charge in [-0.1, -0.05) is 18.2 Å². The summed E-state index contributed by atoms with van der Waals surface area (Å²) in [7, 11) is 0. The van der Waals surface area contributed by atoms with Crippen molar-refractivity contribution in [1.29, 1.82) is 0 Å². The number of fused-ring (bicyclic) bond motifs is 1. The minimum absolute atomic E-state index is 0.126. The minimum Gasteiger partial charge on any atom is -0.490 e. The van der Waals surface area contributed by atoms with E-state index in [0.717, 1.165) is 10.1 Å². The summed E-state index contributed by atoms with van der Waals surface area (Å²) in [6.45, 7) is 4.94. The zero-order valence-corrected chi connectivity index (χ0v) is 14.5. The molecule has 2 aromatic carbocycles. The Labute approximate surface area is 145 Å². The molecule has 124 valence electrons. The first-order valence-electron chi connectivity index (χ1n) is 7.90. The molecule has 1 amide bonds. The van der Waals surface area contributed by atoms with Gasteiger partial charge in [0.05, 0.1) is 18.8 Å². The van der Waals surface area contributed by atoms with Crippen molar-refractivity contribution in [2.24, 2.45) is 0 Å². The summed E-state index contributed by atoms with van der Waals surface area (Å²) in [5.41, 5.74) is 1.37. The molecule has 0 saturated heterocycles. The van der Waals surface area contributed by atoms with Crippen LogP contribution >= 0.6 is 11.3 Å². The number of amides is 1. The van der Waals surface area contributed by atoms with Gasteiger partial charge in [-0.15, -0.1) is 11.3 Å². The summed E-state index contributed by atoms with van der Waals surface area (Å²) in [4.78, 5) is 12.6. The second-order valence-electron chi connectivity index (χ2n) is 5.13. The van der Waals surface area contributed by atoms with Crippen LogP contribution in [0.5, 0.6) is 11.5 Å². The van der Waals surface area contributed by atoms with Crippen molar-refractivity contribution < 1.29 is 14.3 Å². The van der Waals surface area contributed by atoms with Crippen molar-refractivity contribution in [1.82, 2.24) is 0 Å². The van der Waals surface area contributed by atoms with Crippen LogP contribution < -0.4 is 14.8 Å². The molecule has 0 bridgehead atoms. The Morgan fingerprint density at radius 3 is 2.58 bits per heavy atom. The molecule has 24 heavy (non-hydrogen) atoms. The van der Waals surface area contributed by atoms with E-state index in [-0.39, 0.29) is 5.91 Å². The standard InChI is InChI=1S/C19H19NO3S/c1-3-22-16-10-9-13(11-17(16)23-4-2)20-19(21)15-12-24-18-8-6-5-7-14(15)18/h5-12H,3-4H2,1-2H3,(H,20,21). The summed E-state index contributed by atoms with van der Waals surface area (Å²) in [5, 5.41) is 5.79. The van der Waals surface area contributed by atoms with E-state index in [4.69, 9.17) is 9.47 Å². The summed E-state index contributed by atoms with van der Waals surface area (Å²) in [6, 6.07) is 13.3. The minimum atomic E-state index is -0.126. The Bertz CT molecular complexity index is 857. The predicted octanol–water partition coefficient (Wildman–Crippen LogP) is 4.95. The van der Waals surface area contributed by atoms with E-state index in [0.29, 0.717) is 36.0 Å². The van der Waals surface area contributed by atoms with Crippen molar-refractivity contribution in [2.45, 2.75) is 13.8 Å².